The summed E-state index contributed by atoms with van der Waals surface area (Å²) in [5.41, 5.74) is 10.8. The van der Waals surface area contributed by atoms with E-state index in [1.807, 2.05) is 0 Å². The maximum atomic E-state index is 11.8. The Bertz CT molecular complexity index is 265. The van der Waals surface area contributed by atoms with Gasteiger partial charge in [0, 0.05) is 0 Å². The van der Waals surface area contributed by atoms with Crippen LogP contribution >= 0.6 is 24.8 Å². The van der Waals surface area contributed by atoms with Gasteiger partial charge in [0.25, 0.3) is 0 Å². The van der Waals surface area contributed by atoms with Crippen molar-refractivity contribution in [2.45, 2.75) is 50.6 Å². The van der Waals surface area contributed by atoms with Gasteiger partial charge in [0.2, 0.25) is 11.8 Å². The summed E-state index contributed by atoms with van der Waals surface area (Å²) in [6.45, 7) is 1.23. The molecule has 0 aliphatic carbocycles. The Morgan fingerprint density at radius 1 is 0.750 bits per heavy atom. The van der Waals surface area contributed by atoms with Crippen LogP contribution in [0.15, 0.2) is 0 Å². The minimum Gasteiger partial charge on any atom is -0.343 e. The maximum Gasteiger partial charge on any atom is 0.243 e. The molecule has 8 heteroatoms. The Hall–Kier alpha value is -0.560. The fraction of sp³-hybridized carbons (Fsp3) is 0.833. The van der Waals surface area contributed by atoms with E-state index in [-0.39, 0.29) is 36.6 Å². The van der Waals surface area contributed by atoms with E-state index < -0.39 is 12.1 Å². The fourth-order valence-corrected chi connectivity index (χ4v) is 2.07. The summed E-state index contributed by atoms with van der Waals surface area (Å²) in [7, 11) is 0. The molecule has 2 amide bonds. The maximum absolute atomic E-state index is 11.8. The molecule has 1 aliphatic heterocycles. The van der Waals surface area contributed by atoms with Gasteiger partial charge in [-0.1, -0.05) is 0 Å². The van der Waals surface area contributed by atoms with E-state index in [0.29, 0.717) is 25.9 Å². The molecule has 1 heterocycles. The average Bonchev–Trinajstić information content (AvgIpc) is 2.35. The zero-order chi connectivity index (χ0) is 13.4. The number of nitrogens with two attached hydrogens (primary N) is 2. The Morgan fingerprint density at radius 2 is 1.10 bits per heavy atom. The number of halogens is 2. The molecule has 2 atom stereocenters. The SMILES string of the molecule is Cl.Cl.NCCCCC1NC(=O)C(CCCCN)NC1=O. The summed E-state index contributed by atoms with van der Waals surface area (Å²) in [6.07, 6.45) is 4.77. The van der Waals surface area contributed by atoms with Gasteiger partial charge in [0.15, 0.2) is 0 Å². The highest BCUT2D eigenvalue weighted by Crippen LogP contribution is 2.09. The van der Waals surface area contributed by atoms with Gasteiger partial charge in [-0.15, -0.1) is 24.8 Å². The lowest BCUT2D eigenvalue weighted by atomic mass is 10.0. The minimum absolute atomic E-state index is 0. The van der Waals surface area contributed by atoms with Crippen molar-refractivity contribution in [2.24, 2.45) is 11.5 Å². The lowest BCUT2D eigenvalue weighted by Gasteiger charge is -2.29. The lowest BCUT2D eigenvalue weighted by Crippen LogP contribution is -2.61. The first-order valence-electron chi connectivity index (χ1n) is 6.70. The predicted octanol–water partition coefficient (Wildman–Crippen LogP) is 0.0712. The van der Waals surface area contributed by atoms with Crippen molar-refractivity contribution in [3.63, 3.8) is 0 Å². The van der Waals surface area contributed by atoms with Crippen LogP contribution in [0.5, 0.6) is 0 Å². The third kappa shape index (κ3) is 7.28. The second-order valence-electron chi connectivity index (χ2n) is 4.69. The standard InChI is InChI=1S/C12H24N4O2.2ClH/c13-7-3-1-5-9-11(17)16-10(12(18)15-9)6-2-4-8-14;;/h9-10H,1-8,13-14H2,(H,15,18)(H,16,17);2*1H. The molecular formula is C12H26Cl2N4O2. The summed E-state index contributed by atoms with van der Waals surface area (Å²) in [4.78, 5) is 23.6. The number of amides is 2. The van der Waals surface area contributed by atoms with Gasteiger partial charge >= 0.3 is 0 Å². The van der Waals surface area contributed by atoms with Crippen LogP contribution in [-0.4, -0.2) is 37.0 Å². The Labute approximate surface area is 132 Å². The minimum atomic E-state index is -0.394. The quantitative estimate of drug-likeness (QED) is 0.472. The third-order valence-corrected chi connectivity index (χ3v) is 3.16. The first kappa shape index (κ1) is 21.7. The van der Waals surface area contributed by atoms with Crippen molar-refractivity contribution < 1.29 is 9.59 Å². The molecule has 0 aromatic heterocycles. The summed E-state index contributed by atoms with van der Waals surface area (Å²) in [5, 5.41) is 5.56. The highest BCUT2D eigenvalue weighted by molar-refractivity contribution is 5.96. The zero-order valence-corrected chi connectivity index (χ0v) is 13.2. The highest BCUT2D eigenvalue weighted by Gasteiger charge is 2.32. The molecule has 0 radical (unpaired) electrons. The molecule has 20 heavy (non-hydrogen) atoms. The van der Waals surface area contributed by atoms with E-state index in [1.54, 1.807) is 0 Å². The van der Waals surface area contributed by atoms with E-state index in [9.17, 15) is 9.59 Å². The van der Waals surface area contributed by atoms with Crippen LogP contribution in [-0.2, 0) is 9.59 Å². The molecule has 0 saturated carbocycles. The first-order chi connectivity index (χ1) is 8.69. The van der Waals surface area contributed by atoms with Gasteiger partial charge in [0.1, 0.15) is 12.1 Å². The average molecular weight is 329 g/mol. The number of nitrogens with one attached hydrogen (secondary N) is 2. The fourth-order valence-electron chi connectivity index (χ4n) is 2.07. The molecule has 0 spiro atoms. The Kier molecular flexibility index (Phi) is 13.3. The molecule has 1 fully saturated rings. The monoisotopic (exact) mass is 328 g/mol. The number of unbranched alkanes of at least 4 members (excludes halogenated alkanes) is 2. The number of hydrogen-bond donors (Lipinski definition) is 4. The lowest BCUT2D eigenvalue weighted by molar-refractivity contribution is -0.137. The van der Waals surface area contributed by atoms with E-state index >= 15 is 0 Å². The van der Waals surface area contributed by atoms with Crippen LogP contribution in [0.3, 0.4) is 0 Å². The number of rotatable bonds is 8. The van der Waals surface area contributed by atoms with Gasteiger partial charge in [-0.25, -0.2) is 0 Å². The van der Waals surface area contributed by atoms with E-state index in [2.05, 4.69) is 10.6 Å². The van der Waals surface area contributed by atoms with Crippen LogP contribution in [0.2, 0.25) is 0 Å². The van der Waals surface area contributed by atoms with Crippen LogP contribution < -0.4 is 22.1 Å². The summed E-state index contributed by atoms with van der Waals surface area (Å²) < 4.78 is 0. The van der Waals surface area contributed by atoms with Gasteiger partial charge < -0.3 is 22.1 Å². The van der Waals surface area contributed by atoms with Gasteiger partial charge in [-0.05, 0) is 51.6 Å². The topological polar surface area (TPSA) is 110 Å². The van der Waals surface area contributed by atoms with Gasteiger partial charge in [-0.2, -0.15) is 0 Å². The van der Waals surface area contributed by atoms with Crippen LogP contribution in [0.4, 0.5) is 0 Å². The zero-order valence-electron chi connectivity index (χ0n) is 11.6. The molecule has 0 aromatic rings. The molecular weight excluding hydrogens is 303 g/mol. The number of hydrogen-bond acceptors (Lipinski definition) is 4. The second kappa shape index (κ2) is 12.2. The van der Waals surface area contributed by atoms with Crippen molar-refractivity contribution in [1.82, 2.24) is 10.6 Å². The summed E-state index contributed by atoms with van der Waals surface area (Å²) >= 11 is 0. The van der Waals surface area contributed by atoms with Crippen molar-refractivity contribution in [1.29, 1.82) is 0 Å². The Morgan fingerprint density at radius 3 is 1.40 bits per heavy atom. The van der Waals surface area contributed by atoms with E-state index in [0.717, 1.165) is 25.7 Å². The molecule has 0 aromatic carbocycles. The molecule has 1 rings (SSSR count). The third-order valence-electron chi connectivity index (χ3n) is 3.16. The molecule has 120 valence electrons. The molecule has 1 aliphatic rings. The molecule has 0 bridgehead atoms. The normalized spacial score (nSPS) is 21.3. The van der Waals surface area contributed by atoms with Crippen molar-refractivity contribution in [3.05, 3.63) is 0 Å². The largest absolute Gasteiger partial charge is 0.343 e. The van der Waals surface area contributed by atoms with Crippen LogP contribution in [0, 0.1) is 0 Å². The highest BCUT2D eigenvalue weighted by atomic mass is 35.5. The van der Waals surface area contributed by atoms with Crippen LogP contribution in [0.1, 0.15) is 38.5 Å². The van der Waals surface area contributed by atoms with Crippen molar-refractivity contribution >= 4 is 36.6 Å². The van der Waals surface area contributed by atoms with Gasteiger partial charge in [-0.3, -0.25) is 9.59 Å². The second-order valence-corrected chi connectivity index (χ2v) is 4.69. The van der Waals surface area contributed by atoms with E-state index in [4.69, 9.17) is 11.5 Å². The van der Waals surface area contributed by atoms with Crippen LogP contribution in [0.25, 0.3) is 0 Å². The first-order valence-corrected chi connectivity index (χ1v) is 6.70. The van der Waals surface area contributed by atoms with Crippen molar-refractivity contribution in [3.8, 4) is 0 Å². The molecule has 1 saturated heterocycles. The predicted molar refractivity (Wildman–Crippen MR) is 84.2 cm³/mol. The molecule has 6 nitrogen and oxygen atoms in total. The van der Waals surface area contributed by atoms with Crippen molar-refractivity contribution in [2.75, 3.05) is 13.1 Å². The molecule has 2 unspecified atom stereocenters. The molecule has 6 N–H and O–H groups in total. The van der Waals surface area contributed by atoms with Gasteiger partial charge in [0.05, 0.1) is 0 Å². The Balaban J connectivity index is 0. The summed E-state index contributed by atoms with van der Waals surface area (Å²) in [5.74, 6) is -0.159. The van der Waals surface area contributed by atoms with E-state index in [1.165, 1.54) is 0 Å². The number of carbonyl (C=O) groups is 2. The number of carbonyl (C=O) groups excluding carboxylic acids is 2. The number of piperazine rings is 1. The smallest absolute Gasteiger partial charge is 0.243 e. The summed E-state index contributed by atoms with van der Waals surface area (Å²) in [6, 6.07) is -0.787.